The van der Waals surface area contributed by atoms with Gasteiger partial charge in [-0.1, -0.05) is 31.0 Å². The minimum Gasteiger partial charge on any atom is -0.356 e. The highest BCUT2D eigenvalue weighted by molar-refractivity contribution is 6.31. The highest BCUT2D eigenvalue weighted by Crippen LogP contribution is 2.39. The first-order valence-corrected chi connectivity index (χ1v) is 7.75. The fourth-order valence-corrected chi connectivity index (χ4v) is 2.42. The maximum atomic E-state index is 12.1. The molecule has 0 saturated heterocycles. The number of aryl methyl sites for hydroxylation is 1. The lowest BCUT2D eigenvalue weighted by atomic mass is 10.2. The maximum Gasteiger partial charge on any atom is 0.228 e. The second kappa shape index (κ2) is 6.94. The lowest BCUT2D eigenvalue weighted by molar-refractivity contribution is -0.125. The van der Waals surface area contributed by atoms with E-state index >= 15 is 0 Å². The first kappa shape index (κ1) is 15.8. The number of unbranched alkanes of at least 4 members (excludes halogenated alkanes) is 1. The van der Waals surface area contributed by atoms with Crippen molar-refractivity contribution in [2.24, 2.45) is 11.8 Å². The zero-order valence-corrected chi connectivity index (χ0v) is 13.2. The van der Waals surface area contributed by atoms with Gasteiger partial charge in [-0.3, -0.25) is 9.59 Å². The van der Waals surface area contributed by atoms with Crippen LogP contribution in [-0.2, 0) is 9.59 Å². The van der Waals surface area contributed by atoms with Gasteiger partial charge in [0.2, 0.25) is 11.8 Å². The molecular formula is C16H21ClN2O2. The minimum atomic E-state index is -0.218. The van der Waals surface area contributed by atoms with Crippen LogP contribution in [0.1, 0.15) is 31.7 Å². The molecule has 0 bridgehead atoms. The van der Waals surface area contributed by atoms with Crippen LogP contribution in [0.15, 0.2) is 18.2 Å². The number of carbonyl (C=O) groups excluding carboxylic acids is 2. The van der Waals surface area contributed by atoms with E-state index in [1.165, 1.54) is 0 Å². The predicted octanol–water partition coefficient (Wildman–Crippen LogP) is 3.14. The van der Waals surface area contributed by atoms with Gasteiger partial charge >= 0.3 is 0 Å². The number of benzene rings is 1. The van der Waals surface area contributed by atoms with Crippen molar-refractivity contribution in [3.63, 3.8) is 0 Å². The summed E-state index contributed by atoms with van der Waals surface area (Å²) in [4.78, 5) is 24.0. The van der Waals surface area contributed by atoms with Crippen LogP contribution in [0.5, 0.6) is 0 Å². The molecule has 1 aromatic carbocycles. The molecule has 0 aliphatic heterocycles. The number of amides is 2. The van der Waals surface area contributed by atoms with E-state index in [1.807, 2.05) is 13.0 Å². The number of carbonyl (C=O) groups is 2. The Morgan fingerprint density at radius 2 is 2.00 bits per heavy atom. The van der Waals surface area contributed by atoms with E-state index in [0.29, 0.717) is 23.7 Å². The van der Waals surface area contributed by atoms with Gasteiger partial charge in [0.15, 0.2) is 0 Å². The summed E-state index contributed by atoms with van der Waals surface area (Å²) in [5.41, 5.74) is 1.67. The molecule has 0 aromatic heterocycles. The largest absolute Gasteiger partial charge is 0.356 e. The fourth-order valence-electron chi connectivity index (χ4n) is 2.25. The zero-order valence-electron chi connectivity index (χ0n) is 12.4. The summed E-state index contributed by atoms with van der Waals surface area (Å²) in [6.45, 7) is 4.67. The van der Waals surface area contributed by atoms with Crippen LogP contribution >= 0.6 is 11.6 Å². The van der Waals surface area contributed by atoms with Crippen LogP contribution in [-0.4, -0.2) is 18.4 Å². The van der Waals surface area contributed by atoms with Crippen LogP contribution < -0.4 is 10.6 Å². The van der Waals surface area contributed by atoms with Gasteiger partial charge in [-0.15, -0.1) is 0 Å². The van der Waals surface area contributed by atoms with E-state index in [9.17, 15) is 9.59 Å². The molecule has 2 unspecified atom stereocenters. The van der Waals surface area contributed by atoms with E-state index in [1.54, 1.807) is 12.1 Å². The Balaban J connectivity index is 1.86. The van der Waals surface area contributed by atoms with E-state index in [2.05, 4.69) is 17.6 Å². The number of nitrogens with one attached hydrogen (secondary N) is 2. The molecule has 2 rings (SSSR count). The summed E-state index contributed by atoms with van der Waals surface area (Å²) in [5.74, 6) is -0.506. The zero-order chi connectivity index (χ0) is 15.4. The first-order valence-electron chi connectivity index (χ1n) is 7.37. The molecule has 1 aliphatic rings. The van der Waals surface area contributed by atoms with Gasteiger partial charge < -0.3 is 10.6 Å². The molecule has 1 saturated carbocycles. The van der Waals surface area contributed by atoms with E-state index < -0.39 is 0 Å². The molecule has 0 spiro atoms. The third-order valence-electron chi connectivity index (χ3n) is 3.75. The third kappa shape index (κ3) is 4.21. The van der Waals surface area contributed by atoms with Crippen molar-refractivity contribution in [3.05, 3.63) is 28.8 Å². The smallest absolute Gasteiger partial charge is 0.228 e. The van der Waals surface area contributed by atoms with E-state index in [4.69, 9.17) is 11.6 Å². The van der Waals surface area contributed by atoms with Crippen molar-refractivity contribution >= 4 is 29.1 Å². The number of rotatable bonds is 6. The Hall–Kier alpha value is -1.55. The molecule has 2 amide bonds. The summed E-state index contributed by atoms with van der Waals surface area (Å²) in [7, 11) is 0. The average Bonchev–Trinajstić information content (AvgIpc) is 3.23. The van der Waals surface area contributed by atoms with Crippen molar-refractivity contribution in [2.75, 3.05) is 11.9 Å². The summed E-state index contributed by atoms with van der Waals surface area (Å²) >= 11 is 5.93. The van der Waals surface area contributed by atoms with Crippen LogP contribution in [0.2, 0.25) is 5.02 Å². The molecule has 2 N–H and O–H groups in total. The highest BCUT2D eigenvalue weighted by Gasteiger charge is 2.47. The van der Waals surface area contributed by atoms with Crippen LogP contribution in [0.4, 0.5) is 5.69 Å². The number of anilines is 1. The second-order valence-electron chi connectivity index (χ2n) is 5.54. The van der Waals surface area contributed by atoms with Crippen molar-refractivity contribution in [1.82, 2.24) is 5.32 Å². The quantitative estimate of drug-likeness (QED) is 0.793. The second-order valence-corrected chi connectivity index (χ2v) is 5.98. The van der Waals surface area contributed by atoms with Crippen LogP contribution in [0.25, 0.3) is 0 Å². The molecule has 0 heterocycles. The molecule has 1 aliphatic carbocycles. The van der Waals surface area contributed by atoms with Gasteiger partial charge in [0, 0.05) is 17.3 Å². The summed E-state index contributed by atoms with van der Waals surface area (Å²) < 4.78 is 0. The highest BCUT2D eigenvalue weighted by atomic mass is 35.5. The van der Waals surface area contributed by atoms with Crippen LogP contribution in [0, 0.1) is 18.8 Å². The Bertz CT molecular complexity index is 545. The van der Waals surface area contributed by atoms with Crippen molar-refractivity contribution < 1.29 is 9.59 Å². The molecular weight excluding hydrogens is 288 g/mol. The SMILES string of the molecule is CCCCNC(=O)C1CC1C(=O)Nc1cc(Cl)ccc1C. The summed E-state index contributed by atoms with van der Waals surface area (Å²) in [5, 5.41) is 6.32. The number of hydrogen-bond acceptors (Lipinski definition) is 2. The van der Waals surface area contributed by atoms with Crippen molar-refractivity contribution in [1.29, 1.82) is 0 Å². The average molecular weight is 309 g/mol. The molecule has 5 heteroatoms. The molecule has 1 fully saturated rings. The fraction of sp³-hybridized carbons (Fsp3) is 0.500. The molecule has 1 aromatic rings. The number of halogens is 1. The van der Waals surface area contributed by atoms with Crippen molar-refractivity contribution in [2.45, 2.75) is 33.1 Å². The summed E-state index contributed by atoms with van der Waals surface area (Å²) in [6.07, 6.45) is 2.64. The minimum absolute atomic E-state index is 0.00795. The Labute approximate surface area is 130 Å². The van der Waals surface area contributed by atoms with Crippen molar-refractivity contribution in [3.8, 4) is 0 Å². The standard InChI is InChI=1S/C16H21ClN2O2/c1-3-4-7-18-15(20)12-9-13(12)16(21)19-14-8-11(17)6-5-10(14)2/h5-6,8,12-13H,3-4,7,9H2,1-2H3,(H,18,20)(H,19,21). The van der Waals surface area contributed by atoms with E-state index in [0.717, 1.165) is 18.4 Å². The van der Waals surface area contributed by atoms with E-state index in [-0.39, 0.29) is 23.7 Å². The predicted molar refractivity (Wildman–Crippen MR) is 84.3 cm³/mol. The molecule has 21 heavy (non-hydrogen) atoms. The topological polar surface area (TPSA) is 58.2 Å². The Kier molecular flexibility index (Phi) is 5.23. The van der Waals surface area contributed by atoms with Gasteiger partial charge in [-0.25, -0.2) is 0 Å². The van der Waals surface area contributed by atoms with Gasteiger partial charge in [0.25, 0.3) is 0 Å². The Morgan fingerprint density at radius 3 is 2.71 bits per heavy atom. The molecule has 2 atom stereocenters. The van der Waals surface area contributed by atoms with Gasteiger partial charge in [-0.2, -0.15) is 0 Å². The van der Waals surface area contributed by atoms with Gasteiger partial charge in [0.1, 0.15) is 0 Å². The number of hydrogen-bond donors (Lipinski definition) is 2. The lowest BCUT2D eigenvalue weighted by Crippen LogP contribution is -2.28. The lowest BCUT2D eigenvalue weighted by Gasteiger charge is -2.09. The normalized spacial score (nSPS) is 20.0. The summed E-state index contributed by atoms with van der Waals surface area (Å²) in [6, 6.07) is 5.38. The molecule has 0 radical (unpaired) electrons. The van der Waals surface area contributed by atoms with Gasteiger partial charge in [-0.05, 0) is 37.5 Å². The van der Waals surface area contributed by atoms with Gasteiger partial charge in [0.05, 0.1) is 11.8 Å². The Morgan fingerprint density at radius 1 is 1.29 bits per heavy atom. The van der Waals surface area contributed by atoms with Crippen LogP contribution in [0.3, 0.4) is 0 Å². The third-order valence-corrected chi connectivity index (χ3v) is 3.99. The maximum absolute atomic E-state index is 12.1. The monoisotopic (exact) mass is 308 g/mol. The first-order chi connectivity index (χ1) is 10.0. The molecule has 4 nitrogen and oxygen atoms in total. The molecule has 114 valence electrons.